The molecule has 4 nitrogen and oxygen atoms in total. The highest BCUT2D eigenvalue weighted by molar-refractivity contribution is 5.77. The average molecular weight is 316 g/mol. The van der Waals surface area contributed by atoms with E-state index in [1.165, 1.54) is 6.42 Å². The number of nitrogens with two attached hydrogens (primary N) is 1. The van der Waals surface area contributed by atoms with Crippen molar-refractivity contribution in [1.29, 1.82) is 0 Å². The molecule has 1 aromatic rings. The number of nitrogen functional groups attached to an aromatic ring is 1. The number of benzene rings is 1. The summed E-state index contributed by atoms with van der Waals surface area (Å²) >= 11 is 0. The molecule has 126 valence electrons. The van der Waals surface area contributed by atoms with Crippen LogP contribution in [0.25, 0.3) is 0 Å². The first-order chi connectivity index (χ1) is 11.2. The molecule has 0 aliphatic carbocycles. The summed E-state index contributed by atoms with van der Waals surface area (Å²) in [5.74, 6) is 0.934. The molecule has 1 amide bonds. The van der Waals surface area contributed by atoms with Crippen molar-refractivity contribution in [3.05, 3.63) is 36.4 Å². The first-order valence-electron chi connectivity index (χ1n) is 8.57. The van der Waals surface area contributed by atoms with Gasteiger partial charge in [0.2, 0.25) is 5.91 Å². The number of nitrogens with zero attached hydrogens (tertiary/aromatic N) is 1. The van der Waals surface area contributed by atoms with E-state index in [9.17, 15) is 4.79 Å². The van der Waals surface area contributed by atoms with Gasteiger partial charge in [-0.1, -0.05) is 25.6 Å². The zero-order chi connectivity index (χ0) is 16.7. The molecule has 1 heterocycles. The number of carbonyl (C=O) groups excluding carboxylic acids is 1. The third-order valence-electron chi connectivity index (χ3n) is 4.48. The lowest BCUT2D eigenvalue weighted by Crippen LogP contribution is -2.43. The SMILES string of the molecule is C=CCOc1ccc(CCC(=O)N2CCCCC2CC)cc1N. The summed E-state index contributed by atoms with van der Waals surface area (Å²) in [5, 5.41) is 0. The van der Waals surface area contributed by atoms with Gasteiger partial charge in [0.05, 0.1) is 5.69 Å². The Morgan fingerprint density at radius 3 is 3.00 bits per heavy atom. The first kappa shape index (κ1) is 17.4. The maximum Gasteiger partial charge on any atom is 0.223 e. The number of ether oxygens (including phenoxy) is 1. The van der Waals surface area contributed by atoms with E-state index in [1.54, 1.807) is 6.08 Å². The minimum atomic E-state index is 0.266. The fraction of sp³-hybridized carbons (Fsp3) is 0.526. The molecule has 0 bridgehead atoms. The van der Waals surface area contributed by atoms with Crippen LogP contribution >= 0.6 is 0 Å². The van der Waals surface area contributed by atoms with Crippen molar-refractivity contribution < 1.29 is 9.53 Å². The van der Waals surface area contributed by atoms with Gasteiger partial charge in [-0.15, -0.1) is 0 Å². The molecule has 1 aliphatic heterocycles. The van der Waals surface area contributed by atoms with Gasteiger partial charge >= 0.3 is 0 Å². The number of hydrogen-bond donors (Lipinski definition) is 1. The molecule has 2 rings (SSSR count). The van der Waals surface area contributed by atoms with Crippen LogP contribution in [0.2, 0.25) is 0 Å². The van der Waals surface area contributed by atoms with Crippen LogP contribution in [0.1, 0.15) is 44.6 Å². The normalized spacial score (nSPS) is 17.8. The van der Waals surface area contributed by atoms with Gasteiger partial charge in [0.25, 0.3) is 0 Å². The fourth-order valence-corrected chi connectivity index (χ4v) is 3.18. The van der Waals surface area contributed by atoms with E-state index < -0.39 is 0 Å². The average Bonchev–Trinajstić information content (AvgIpc) is 2.58. The zero-order valence-electron chi connectivity index (χ0n) is 14.1. The molecule has 1 fully saturated rings. The van der Waals surface area contributed by atoms with Crippen molar-refractivity contribution in [3.8, 4) is 5.75 Å². The topological polar surface area (TPSA) is 55.6 Å². The smallest absolute Gasteiger partial charge is 0.223 e. The summed E-state index contributed by atoms with van der Waals surface area (Å²) in [6.45, 7) is 7.14. The number of amides is 1. The number of aryl methyl sites for hydroxylation is 1. The van der Waals surface area contributed by atoms with E-state index >= 15 is 0 Å². The highest BCUT2D eigenvalue weighted by Crippen LogP contribution is 2.24. The van der Waals surface area contributed by atoms with E-state index in [0.29, 0.717) is 30.5 Å². The van der Waals surface area contributed by atoms with Crippen LogP contribution in [0.5, 0.6) is 5.75 Å². The fourth-order valence-electron chi connectivity index (χ4n) is 3.18. The summed E-state index contributed by atoms with van der Waals surface area (Å²) in [6.07, 6.45) is 7.52. The van der Waals surface area contributed by atoms with Crippen molar-refractivity contribution in [2.45, 2.75) is 51.5 Å². The van der Waals surface area contributed by atoms with Gasteiger partial charge in [-0.05, 0) is 49.8 Å². The predicted octanol–water partition coefficient (Wildman–Crippen LogP) is 3.56. The van der Waals surface area contributed by atoms with Crippen LogP contribution in [0.3, 0.4) is 0 Å². The van der Waals surface area contributed by atoms with Crippen LogP contribution in [0.15, 0.2) is 30.9 Å². The molecule has 1 aliphatic rings. The second-order valence-electron chi connectivity index (χ2n) is 6.12. The van der Waals surface area contributed by atoms with Crippen LogP contribution in [0, 0.1) is 0 Å². The molecule has 4 heteroatoms. The Kier molecular flexibility index (Phi) is 6.51. The van der Waals surface area contributed by atoms with Gasteiger partial charge in [0, 0.05) is 19.0 Å². The summed E-state index contributed by atoms with van der Waals surface area (Å²) < 4.78 is 5.47. The summed E-state index contributed by atoms with van der Waals surface area (Å²) in [7, 11) is 0. The first-order valence-corrected chi connectivity index (χ1v) is 8.57. The molecular formula is C19H28N2O2. The van der Waals surface area contributed by atoms with Crippen molar-refractivity contribution in [2.75, 3.05) is 18.9 Å². The molecule has 0 radical (unpaired) electrons. The van der Waals surface area contributed by atoms with Crippen LogP contribution < -0.4 is 10.5 Å². The van der Waals surface area contributed by atoms with Crippen LogP contribution in [0.4, 0.5) is 5.69 Å². The van der Waals surface area contributed by atoms with E-state index in [-0.39, 0.29) is 5.91 Å². The molecule has 23 heavy (non-hydrogen) atoms. The van der Waals surface area contributed by atoms with Gasteiger partial charge in [-0.2, -0.15) is 0 Å². The Hall–Kier alpha value is -1.97. The Labute approximate surface area is 139 Å². The lowest BCUT2D eigenvalue weighted by Gasteiger charge is -2.35. The van der Waals surface area contributed by atoms with Gasteiger partial charge in [0.1, 0.15) is 12.4 Å². The Morgan fingerprint density at radius 1 is 1.48 bits per heavy atom. The largest absolute Gasteiger partial charge is 0.487 e. The second kappa shape index (κ2) is 8.61. The minimum Gasteiger partial charge on any atom is -0.487 e. The van der Waals surface area contributed by atoms with Crippen LogP contribution in [-0.4, -0.2) is 30.0 Å². The third-order valence-corrected chi connectivity index (χ3v) is 4.48. The molecule has 0 aromatic heterocycles. The number of piperidine rings is 1. The zero-order valence-corrected chi connectivity index (χ0v) is 14.1. The number of anilines is 1. The number of rotatable bonds is 7. The molecule has 2 N–H and O–H groups in total. The maximum atomic E-state index is 12.5. The van der Waals surface area contributed by atoms with Crippen molar-refractivity contribution in [3.63, 3.8) is 0 Å². The van der Waals surface area contributed by atoms with Gasteiger partial charge in [-0.25, -0.2) is 0 Å². The Morgan fingerprint density at radius 2 is 2.30 bits per heavy atom. The lowest BCUT2D eigenvalue weighted by molar-refractivity contribution is -0.134. The van der Waals surface area contributed by atoms with E-state index in [1.807, 2.05) is 18.2 Å². The third kappa shape index (κ3) is 4.75. The molecule has 1 saturated heterocycles. The molecule has 0 spiro atoms. The second-order valence-corrected chi connectivity index (χ2v) is 6.12. The Balaban J connectivity index is 1.90. The van der Waals surface area contributed by atoms with Gasteiger partial charge in [0.15, 0.2) is 0 Å². The standard InChI is InChI=1S/C19H28N2O2/c1-3-13-23-18-10-8-15(14-17(18)20)9-11-19(22)21-12-6-5-7-16(21)4-2/h3,8,10,14,16H,1,4-7,9,11-13,20H2,2H3. The maximum absolute atomic E-state index is 12.5. The molecule has 0 saturated carbocycles. The van der Waals surface area contributed by atoms with E-state index in [4.69, 9.17) is 10.5 Å². The molecule has 1 unspecified atom stereocenters. The van der Waals surface area contributed by atoms with E-state index in [0.717, 1.165) is 37.8 Å². The van der Waals surface area contributed by atoms with E-state index in [2.05, 4.69) is 18.4 Å². The molecular weight excluding hydrogens is 288 g/mol. The van der Waals surface area contributed by atoms with Crippen molar-refractivity contribution in [1.82, 2.24) is 4.90 Å². The molecule has 1 aromatic carbocycles. The van der Waals surface area contributed by atoms with Crippen molar-refractivity contribution in [2.24, 2.45) is 0 Å². The summed E-state index contributed by atoms with van der Waals surface area (Å²) in [4.78, 5) is 14.6. The molecule has 1 atom stereocenters. The predicted molar refractivity (Wildman–Crippen MR) is 94.5 cm³/mol. The summed E-state index contributed by atoms with van der Waals surface area (Å²) in [5.41, 5.74) is 7.69. The summed E-state index contributed by atoms with van der Waals surface area (Å²) in [6, 6.07) is 6.18. The van der Waals surface area contributed by atoms with Crippen molar-refractivity contribution >= 4 is 11.6 Å². The highest BCUT2D eigenvalue weighted by Gasteiger charge is 2.24. The quantitative estimate of drug-likeness (QED) is 0.618. The minimum absolute atomic E-state index is 0.266. The Bertz CT molecular complexity index is 542. The lowest BCUT2D eigenvalue weighted by atomic mass is 9.99. The monoisotopic (exact) mass is 316 g/mol. The highest BCUT2D eigenvalue weighted by atomic mass is 16.5. The van der Waals surface area contributed by atoms with Crippen LogP contribution in [-0.2, 0) is 11.2 Å². The van der Waals surface area contributed by atoms with Gasteiger partial charge < -0.3 is 15.4 Å². The van der Waals surface area contributed by atoms with Gasteiger partial charge in [-0.3, -0.25) is 4.79 Å². The number of carbonyl (C=O) groups is 1. The number of likely N-dealkylation sites (tertiary alicyclic amines) is 1. The number of hydrogen-bond acceptors (Lipinski definition) is 3.